The first-order valence-electron chi connectivity index (χ1n) is 5.52. The summed E-state index contributed by atoms with van der Waals surface area (Å²) < 4.78 is 1.14. The smallest absolute Gasteiger partial charge is 0.243 e. The van der Waals surface area contributed by atoms with Crippen LogP contribution in [0.3, 0.4) is 0 Å². The Labute approximate surface area is 100 Å². The van der Waals surface area contributed by atoms with Gasteiger partial charge in [0.15, 0.2) is 0 Å². The van der Waals surface area contributed by atoms with Crippen LogP contribution >= 0.6 is 0 Å². The van der Waals surface area contributed by atoms with Crippen LogP contribution in [0.1, 0.15) is 26.5 Å². The molecule has 1 heterocycles. The van der Waals surface area contributed by atoms with E-state index in [-0.39, 0.29) is 5.54 Å². The molecule has 0 aliphatic carbocycles. The number of hydrogen-bond donors (Lipinski definition) is 1. The molecular formula is C13H16N3O+. The first-order valence-corrected chi connectivity index (χ1v) is 5.52. The summed E-state index contributed by atoms with van der Waals surface area (Å²) in [4.78, 5) is 8.69. The molecule has 0 bridgehead atoms. The molecule has 0 amide bonds. The van der Waals surface area contributed by atoms with Gasteiger partial charge in [-0.2, -0.15) is 0 Å². The second kappa shape index (κ2) is 4.13. The van der Waals surface area contributed by atoms with Crippen molar-refractivity contribution in [1.82, 2.24) is 9.97 Å². The fourth-order valence-corrected chi connectivity index (χ4v) is 1.35. The Bertz CT molecular complexity index is 570. The fraction of sp³-hybridized carbons (Fsp3) is 0.308. The van der Waals surface area contributed by atoms with Crippen molar-refractivity contribution in [3.8, 4) is 0 Å². The van der Waals surface area contributed by atoms with Crippen LogP contribution in [0.4, 0.5) is 0 Å². The minimum atomic E-state index is -0.354. The lowest BCUT2D eigenvalue weighted by molar-refractivity contribution is -0.816. The van der Waals surface area contributed by atoms with Crippen LogP contribution in [0, 0.1) is 0 Å². The summed E-state index contributed by atoms with van der Waals surface area (Å²) in [5, 5.41) is 9.82. The summed E-state index contributed by atoms with van der Waals surface area (Å²) in [6.07, 6.45) is 3.23. The van der Waals surface area contributed by atoms with Gasteiger partial charge in [-0.15, -0.1) is 0 Å². The number of fused-ring (bicyclic) bond motifs is 1. The Morgan fingerprint density at radius 2 is 1.82 bits per heavy atom. The van der Waals surface area contributed by atoms with E-state index in [0.717, 1.165) is 15.8 Å². The standard InChI is InChI=1S/C13H16N3O/c1-13(2,3)16(17)9-10-8-14-11-6-4-5-7-12(11)15-10/h4-9,17H,1-3H3/q+1. The van der Waals surface area contributed by atoms with Crippen LogP contribution < -0.4 is 0 Å². The lowest BCUT2D eigenvalue weighted by Crippen LogP contribution is -2.31. The Hall–Kier alpha value is -1.97. The first-order chi connectivity index (χ1) is 7.97. The highest BCUT2D eigenvalue weighted by Gasteiger charge is 2.24. The highest BCUT2D eigenvalue weighted by Crippen LogP contribution is 2.08. The van der Waals surface area contributed by atoms with Crippen molar-refractivity contribution in [1.29, 1.82) is 0 Å². The molecule has 0 atom stereocenters. The summed E-state index contributed by atoms with van der Waals surface area (Å²) in [5.41, 5.74) is 1.96. The summed E-state index contributed by atoms with van der Waals surface area (Å²) in [6.45, 7) is 5.74. The molecule has 0 spiro atoms. The van der Waals surface area contributed by atoms with Crippen molar-refractivity contribution >= 4 is 17.2 Å². The third-order valence-corrected chi connectivity index (χ3v) is 2.41. The lowest BCUT2D eigenvalue weighted by atomic mass is 10.1. The second-order valence-electron chi connectivity index (χ2n) is 4.93. The molecule has 2 aromatic rings. The fourth-order valence-electron chi connectivity index (χ4n) is 1.35. The van der Waals surface area contributed by atoms with E-state index in [1.54, 1.807) is 12.4 Å². The SMILES string of the molecule is CC(C)(C)/[N+](O)=C\c1cnc2ccccc2n1. The number of nitrogens with zero attached hydrogens (tertiary/aromatic N) is 3. The van der Waals surface area contributed by atoms with Crippen LogP contribution in [0.2, 0.25) is 0 Å². The molecule has 4 heteroatoms. The molecule has 17 heavy (non-hydrogen) atoms. The van der Waals surface area contributed by atoms with Gasteiger partial charge in [0.1, 0.15) is 5.69 Å². The predicted octanol–water partition coefficient (Wildman–Crippen LogP) is 2.25. The summed E-state index contributed by atoms with van der Waals surface area (Å²) in [7, 11) is 0. The van der Waals surface area contributed by atoms with Gasteiger partial charge in [0, 0.05) is 20.8 Å². The van der Waals surface area contributed by atoms with E-state index in [1.807, 2.05) is 45.0 Å². The van der Waals surface area contributed by atoms with Crippen LogP contribution in [-0.2, 0) is 0 Å². The molecule has 0 aliphatic rings. The average Bonchev–Trinajstić information content (AvgIpc) is 2.27. The van der Waals surface area contributed by atoms with E-state index in [9.17, 15) is 5.21 Å². The van der Waals surface area contributed by atoms with Crippen molar-refractivity contribution in [3.05, 3.63) is 36.2 Å². The lowest BCUT2D eigenvalue weighted by Gasteiger charge is -2.08. The number of rotatable bonds is 1. The van der Waals surface area contributed by atoms with Crippen LogP contribution in [0.15, 0.2) is 30.5 Å². The molecule has 1 aromatic heterocycles. The predicted molar refractivity (Wildman–Crippen MR) is 66.5 cm³/mol. The van der Waals surface area contributed by atoms with Crippen molar-refractivity contribution in [2.45, 2.75) is 26.3 Å². The third-order valence-electron chi connectivity index (χ3n) is 2.41. The molecule has 1 aromatic carbocycles. The highest BCUT2D eigenvalue weighted by molar-refractivity contribution is 5.79. The van der Waals surface area contributed by atoms with E-state index < -0.39 is 0 Å². The van der Waals surface area contributed by atoms with Crippen LogP contribution in [0.25, 0.3) is 11.0 Å². The minimum Gasteiger partial charge on any atom is -0.290 e. The third kappa shape index (κ3) is 2.58. The van der Waals surface area contributed by atoms with Gasteiger partial charge in [0.2, 0.25) is 11.8 Å². The monoisotopic (exact) mass is 230 g/mol. The van der Waals surface area contributed by atoms with Gasteiger partial charge in [-0.25, -0.2) is 4.98 Å². The molecule has 0 saturated heterocycles. The number of para-hydroxylation sites is 2. The summed E-state index contributed by atoms with van der Waals surface area (Å²) in [5.74, 6) is 0. The topological polar surface area (TPSA) is 49.0 Å². The van der Waals surface area contributed by atoms with E-state index >= 15 is 0 Å². The van der Waals surface area contributed by atoms with Gasteiger partial charge in [-0.05, 0) is 16.9 Å². The minimum absolute atomic E-state index is 0.354. The van der Waals surface area contributed by atoms with Crippen molar-refractivity contribution < 1.29 is 9.95 Å². The molecule has 2 rings (SSSR count). The molecule has 0 fully saturated rings. The quantitative estimate of drug-likeness (QED) is 0.354. The Morgan fingerprint density at radius 3 is 2.47 bits per heavy atom. The van der Waals surface area contributed by atoms with Gasteiger partial charge < -0.3 is 0 Å². The van der Waals surface area contributed by atoms with E-state index in [2.05, 4.69) is 9.97 Å². The number of benzene rings is 1. The molecular weight excluding hydrogens is 214 g/mol. The highest BCUT2D eigenvalue weighted by atomic mass is 16.5. The van der Waals surface area contributed by atoms with Crippen LogP contribution in [-0.4, -0.2) is 31.7 Å². The number of hydrogen-bond acceptors (Lipinski definition) is 3. The molecule has 0 saturated carbocycles. The van der Waals surface area contributed by atoms with Crippen molar-refractivity contribution in [2.24, 2.45) is 0 Å². The zero-order chi connectivity index (χ0) is 12.5. The average molecular weight is 230 g/mol. The normalized spacial score (nSPS) is 13.0. The molecule has 0 radical (unpaired) electrons. The van der Waals surface area contributed by atoms with Gasteiger partial charge >= 0.3 is 0 Å². The number of aromatic nitrogens is 2. The maximum atomic E-state index is 9.82. The van der Waals surface area contributed by atoms with Crippen LogP contribution in [0.5, 0.6) is 0 Å². The largest absolute Gasteiger partial charge is 0.290 e. The zero-order valence-electron chi connectivity index (χ0n) is 10.3. The molecule has 0 aliphatic heterocycles. The Kier molecular flexibility index (Phi) is 2.79. The number of hydroxylamine groups is 1. The van der Waals surface area contributed by atoms with Gasteiger partial charge in [-0.3, -0.25) is 10.2 Å². The summed E-state index contributed by atoms with van der Waals surface area (Å²) >= 11 is 0. The van der Waals surface area contributed by atoms with Gasteiger partial charge in [0.25, 0.3) is 0 Å². The molecule has 0 unspecified atom stereocenters. The molecule has 88 valence electrons. The van der Waals surface area contributed by atoms with E-state index in [1.165, 1.54) is 0 Å². The molecule has 4 nitrogen and oxygen atoms in total. The zero-order valence-corrected chi connectivity index (χ0v) is 10.3. The molecule has 1 N–H and O–H groups in total. The van der Waals surface area contributed by atoms with E-state index in [4.69, 9.17) is 0 Å². The van der Waals surface area contributed by atoms with Crippen molar-refractivity contribution in [2.75, 3.05) is 0 Å². The first kappa shape index (κ1) is 11.5. The Morgan fingerprint density at radius 1 is 1.18 bits per heavy atom. The maximum Gasteiger partial charge on any atom is 0.243 e. The Balaban J connectivity index is 2.44. The van der Waals surface area contributed by atoms with E-state index in [0.29, 0.717) is 5.69 Å². The summed E-state index contributed by atoms with van der Waals surface area (Å²) in [6, 6.07) is 7.65. The van der Waals surface area contributed by atoms with Gasteiger partial charge in [-0.1, -0.05) is 12.1 Å². The van der Waals surface area contributed by atoms with Crippen molar-refractivity contribution in [3.63, 3.8) is 0 Å². The second-order valence-corrected chi connectivity index (χ2v) is 4.93. The maximum absolute atomic E-state index is 9.82. The van der Waals surface area contributed by atoms with Gasteiger partial charge in [0.05, 0.1) is 17.2 Å².